The molecule has 2 unspecified atom stereocenters. The number of carbonyl (C=O) groups is 2. The number of hydrogen-bond acceptors (Lipinski definition) is 4. The molecule has 0 saturated carbocycles. The van der Waals surface area contributed by atoms with E-state index in [4.69, 9.17) is 9.47 Å². The summed E-state index contributed by atoms with van der Waals surface area (Å²) in [5.41, 5.74) is 0.802. The van der Waals surface area contributed by atoms with Crippen LogP contribution in [-0.2, 0) is 9.59 Å². The summed E-state index contributed by atoms with van der Waals surface area (Å²) in [6.45, 7) is 1.15. The van der Waals surface area contributed by atoms with E-state index in [1.54, 1.807) is 12.1 Å². The minimum atomic E-state index is -0.898. The average Bonchev–Trinajstić information content (AvgIpc) is 2.46. The number of nitrogens with one attached hydrogen (secondary N) is 1. The van der Waals surface area contributed by atoms with E-state index >= 15 is 0 Å². The van der Waals surface area contributed by atoms with Gasteiger partial charge in [-0.25, -0.2) is 0 Å². The maximum atomic E-state index is 11.5. The molecular formula is C14H15NO5. The lowest BCUT2D eigenvalue weighted by Crippen LogP contribution is -2.43. The Hall–Kier alpha value is -2.24. The van der Waals surface area contributed by atoms with Gasteiger partial charge in [0, 0.05) is 18.9 Å². The summed E-state index contributed by atoms with van der Waals surface area (Å²) in [4.78, 5) is 22.9. The van der Waals surface area contributed by atoms with Crippen molar-refractivity contribution in [2.24, 2.45) is 5.92 Å². The number of carbonyl (C=O) groups excluding carboxylic acids is 1. The summed E-state index contributed by atoms with van der Waals surface area (Å²) < 4.78 is 10.9. The molecule has 0 aromatic heterocycles. The van der Waals surface area contributed by atoms with Crippen LogP contribution in [0.3, 0.4) is 0 Å². The van der Waals surface area contributed by atoms with Gasteiger partial charge in [0.2, 0.25) is 5.91 Å². The standard InChI is InChI=1S/C14H15NO5/c16-13-6-9(10(7-15-13)14(17)18)8-1-2-11-12(5-8)20-4-3-19-11/h1-2,5,9-10H,3-4,6-7H2,(H,15,16)(H,17,18). The fourth-order valence-electron chi connectivity index (χ4n) is 2.68. The number of fused-ring (bicyclic) bond motifs is 1. The normalized spacial score (nSPS) is 24.9. The molecule has 20 heavy (non-hydrogen) atoms. The van der Waals surface area contributed by atoms with Gasteiger partial charge in [-0.05, 0) is 17.7 Å². The Morgan fingerprint density at radius 3 is 2.75 bits per heavy atom. The van der Waals surface area contributed by atoms with Gasteiger partial charge in [0.1, 0.15) is 13.2 Å². The van der Waals surface area contributed by atoms with E-state index in [9.17, 15) is 14.7 Å². The van der Waals surface area contributed by atoms with E-state index in [0.29, 0.717) is 24.7 Å². The Kier molecular flexibility index (Phi) is 3.22. The molecule has 2 atom stereocenters. The second-order valence-electron chi connectivity index (χ2n) is 4.96. The van der Waals surface area contributed by atoms with Gasteiger partial charge in [-0.3, -0.25) is 9.59 Å². The topological polar surface area (TPSA) is 84.9 Å². The van der Waals surface area contributed by atoms with Crippen LogP contribution in [-0.4, -0.2) is 36.7 Å². The smallest absolute Gasteiger partial charge is 0.308 e. The zero-order valence-corrected chi connectivity index (χ0v) is 10.8. The first kappa shape index (κ1) is 12.8. The molecule has 2 N–H and O–H groups in total. The van der Waals surface area contributed by atoms with Gasteiger partial charge in [-0.2, -0.15) is 0 Å². The number of rotatable bonds is 2. The quantitative estimate of drug-likeness (QED) is 0.833. The Morgan fingerprint density at radius 2 is 2.00 bits per heavy atom. The Morgan fingerprint density at radius 1 is 1.25 bits per heavy atom. The summed E-state index contributed by atoms with van der Waals surface area (Å²) in [5.74, 6) is -0.699. The van der Waals surface area contributed by atoms with Crippen LogP contribution in [0.4, 0.5) is 0 Å². The lowest BCUT2D eigenvalue weighted by atomic mass is 9.81. The number of amides is 1. The zero-order valence-electron chi connectivity index (χ0n) is 10.8. The van der Waals surface area contributed by atoms with Crippen LogP contribution >= 0.6 is 0 Å². The largest absolute Gasteiger partial charge is 0.486 e. The molecular weight excluding hydrogens is 262 g/mol. The van der Waals surface area contributed by atoms with Gasteiger partial charge in [0.25, 0.3) is 0 Å². The van der Waals surface area contributed by atoms with Crippen molar-refractivity contribution in [1.82, 2.24) is 5.32 Å². The van der Waals surface area contributed by atoms with Gasteiger partial charge in [-0.1, -0.05) is 6.07 Å². The lowest BCUT2D eigenvalue weighted by molar-refractivity contribution is -0.144. The predicted octanol–water partition coefficient (Wildman–Crippen LogP) is 0.762. The van der Waals surface area contributed by atoms with Crippen LogP contribution in [0.5, 0.6) is 11.5 Å². The molecule has 6 heteroatoms. The van der Waals surface area contributed by atoms with Gasteiger partial charge in [0.05, 0.1) is 5.92 Å². The molecule has 0 radical (unpaired) electrons. The summed E-state index contributed by atoms with van der Waals surface area (Å²) in [6.07, 6.45) is 0.177. The van der Waals surface area contributed by atoms with Gasteiger partial charge in [0.15, 0.2) is 11.5 Å². The van der Waals surface area contributed by atoms with Crippen molar-refractivity contribution in [3.05, 3.63) is 23.8 Å². The first-order valence-corrected chi connectivity index (χ1v) is 6.54. The van der Waals surface area contributed by atoms with Crippen LogP contribution < -0.4 is 14.8 Å². The summed E-state index contributed by atoms with van der Waals surface area (Å²) in [5, 5.41) is 11.9. The van der Waals surface area contributed by atoms with E-state index in [1.165, 1.54) is 0 Å². The molecule has 0 spiro atoms. The predicted molar refractivity (Wildman–Crippen MR) is 68.9 cm³/mol. The minimum Gasteiger partial charge on any atom is -0.486 e. The summed E-state index contributed by atoms with van der Waals surface area (Å²) >= 11 is 0. The third-order valence-corrected chi connectivity index (χ3v) is 3.72. The molecule has 0 aliphatic carbocycles. The highest BCUT2D eigenvalue weighted by molar-refractivity contribution is 5.82. The van der Waals surface area contributed by atoms with Crippen molar-refractivity contribution < 1.29 is 24.2 Å². The molecule has 1 aromatic rings. The number of aliphatic carboxylic acids is 1. The maximum absolute atomic E-state index is 11.5. The number of benzene rings is 1. The molecule has 2 aliphatic rings. The second-order valence-corrected chi connectivity index (χ2v) is 4.96. The molecule has 6 nitrogen and oxygen atoms in total. The van der Waals surface area contributed by atoms with E-state index in [0.717, 1.165) is 5.56 Å². The molecule has 1 aromatic carbocycles. The average molecular weight is 277 g/mol. The monoisotopic (exact) mass is 277 g/mol. The van der Waals surface area contributed by atoms with Crippen molar-refractivity contribution in [1.29, 1.82) is 0 Å². The third kappa shape index (κ3) is 2.29. The van der Waals surface area contributed by atoms with E-state index in [-0.39, 0.29) is 24.8 Å². The van der Waals surface area contributed by atoms with Crippen LogP contribution in [0, 0.1) is 5.92 Å². The zero-order chi connectivity index (χ0) is 14.1. The van der Waals surface area contributed by atoms with Gasteiger partial charge >= 0.3 is 5.97 Å². The number of carboxylic acid groups (broad SMARTS) is 1. The third-order valence-electron chi connectivity index (χ3n) is 3.72. The van der Waals surface area contributed by atoms with Crippen molar-refractivity contribution in [2.75, 3.05) is 19.8 Å². The fraction of sp³-hybridized carbons (Fsp3) is 0.429. The number of piperidine rings is 1. The minimum absolute atomic E-state index is 0.123. The molecule has 1 saturated heterocycles. The van der Waals surface area contributed by atoms with E-state index < -0.39 is 11.9 Å². The Bertz CT molecular complexity index is 556. The maximum Gasteiger partial charge on any atom is 0.308 e. The summed E-state index contributed by atoms with van der Waals surface area (Å²) in [6, 6.07) is 5.37. The molecule has 2 aliphatic heterocycles. The molecule has 2 heterocycles. The Balaban J connectivity index is 1.92. The summed E-state index contributed by atoms with van der Waals surface area (Å²) in [7, 11) is 0. The van der Waals surface area contributed by atoms with Gasteiger partial charge < -0.3 is 19.9 Å². The van der Waals surface area contributed by atoms with E-state index in [2.05, 4.69) is 5.32 Å². The first-order valence-electron chi connectivity index (χ1n) is 6.54. The number of ether oxygens (including phenoxy) is 2. The van der Waals surface area contributed by atoms with Crippen LogP contribution in [0.15, 0.2) is 18.2 Å². The van der Waals surface area contributed by atoms with Crippen LogP contribution in [0.25, 0.3) is 0 Å². The van der Waals surface area contributed by atoms with Gasteiger partial charge in [-0.15, -0.1) is 0 Å². The molecule has 1 amide bonds. The SMILES string of the molecule is O=C1CC(c2ccc3c(c2)OCCO3)C(C(=O)O)CN1. The molecule has 3 rings (SSSR count). The highest BCUT2D eigenvalue weighted by Gasteiger charge is 2.35. The molecule has 106 valence electrons. The van der Waals surface area contributed by atoms with Crippen LogP contribution in [0.2, 0.25) is 0 Å². The fourth-order valence-corrected chi connectivity index (χ4v) is 2.68. The van der Waals surface area contributed by atoms with Crippen molar-refractivity contribution in [3.8, 4) is 11.5 Å². The van der Waals surface area contributed by atoms with Crippen molar-refractivity contribution in [3.63, 3.8) is 0 Å². The lowest BCUT2D eigenvalue weighted by Gasteiger charge is -2.29. The highest BCUT2D eigenvalue weighted by Crippen LogP contribution is 2.37. The van der Waals surface area contributed by atoms with Crippen molar-refractivity contribution >= 4 is 11.9 Å². The highest BCUT2D eigenvalue weighted by atomic mass is 16.6. The number of hydrogen-bond donors (Lipinski definition) is 2. The number of carboxylic acids is 1. The second kappa shape index (κ2) is 5.03. The molecule has 0 bridgehead atoms. The first-order chi connectivity index (χ1) is 9.65. The van der Waals surface area contributed by atoms with Crippen molar-refractivity contribution in [2.45, 2.75) is 12.3 Å². The molecule has 1 fully saturated rings. The Labute approximate surface area is 115 Å². The van der Waals surface area contributed by atoms with Crippen LogP contribution in [0.1, 0.15) is 17.9 Å². The van der Waals surface area contributed by atoms with E-state index in [1.807, 2.05) is 6.07 Å².